The van der Waals surface area contributed by atoms with E-state index in [0.29, 0.717) is 13.0 Å². The number of methoxy groups -OCH3 is 1. The van der Waals surface area contributed by atoms with Crippen LogP contribution >= 0.6 is 0 Å². The van der Waals surface area contributed by atoms with E-state index in [1.165, 1.54) is 5.56 Å². The summed E-state index contributed by atoms with van der Waals surface area (Å²) in [6.07, 6.45) is 2.34. The van der Waals surface area contributed by atoms with Crippen LogP contribution in [0.4, 0.5) is 0 Å². The number of esters is 1. The highest BCUT2D eigenvalue weighted by Gasteiger charge is 2.28. The maximum atomic E-state index is 11.8. The first kappa shape index (κ1) is 16.8. The predicted octanol–water partition coefficient (Wildman–Crippen LogP) is 1.94. The molecule has 1 aliphatic rings. The van der Waals surface area contributed by atoms with Crippen molar-refractivity contribution in [1.29, 1.82) is 0 Å². The van der Waals surface area contributed by atoms with Crippen LogP contribution in [0, 0.1) is 0 Å². The normalized spacial score (nSPS) is 22.3. The molecule has 1 aliphatic heterocycles. The van der Waals surface area contributed by atoms with Crippen molar-refractivity contribution in [1.82, 2.24) is 4.90 Å². The largest absolute Gasteiger partial charge is 0.497 e. The molecule has 2 rings (SSSR count). The van der Waals surface area contributed by atoms with Gasteiger partial charge < -0.3 is 15.2 Å². The Hall–Kier alpha value is -1.59. The van der Waals surface area contributed by atoms with Crippen molar-refractivity contribution < 1.29 is 14.3 Å². The molecule has 1 heterocycles. The average Bonchev–Trinajstić information content (AvgIpc) is 2.51. The molecule has 0 radical (unpaired) electrons. The lowest BCUT2D eigenvalue weighted by Crippen LogP contribution is -2.48. The second-order valence-corrected chi connectivity index (χ2v) is 5.78. The maximum absolute atomic E-state index is 11.8. The Morgan fingerprint density at radius 2 is 2.05 bits per heavy atom. The van der Waals surface area contributed by atoms with Gasteiger partial charge in [-0.25, -0.2) is 0 Å². The Labute approximate surface area is 132 Å². The van der Waals surface area contributed by atoms with Crippen LogP contribution < -0.4 is 10.5 Å². The lowest BCUT2D eigenvalue weighted by Gasteiger charge is -2.38. The van der Waals surface area contributed by atoms with Gasteiger partial charge in [0.1, 0.15) is 5.75 Å². The molecule has 0 amide bonds. The van der Waals surface area contributed by atoms with Crippen molar-refractivity contribution in [2.75, 3.05) is 20.3 Å². The van der Waals surface area contributed by atoms with Crippen LogP contribution in [-0.2, 0) is 16.1 Å². The fraction of sp³-hybridized carbons (Fsp3) is 0.588. The number of ether oxygens (including phenoxy) is 2. The second-order valence-electron chi connectivity index (χ2n) is 5.78. The molecule has 0 saturated carbocycles. The van der Waals surface area contributed by atoms with E-state index in [9.17, 15) is 4.79 Å². The summed E-state index contributed by atoms with van der Waals surface area (Å²) >= 11 is 0. The smallest absolute Gasteiger partial charge is 0.307 e. The number of nitrogens with two attached hydrogens (primary N) is 1. The van der Waals surface area contributed by atoms with Crippen molar-refractivity contribution in [2.45, 2.75) is 44.8 Å². The lowest BCUT2D eigenvalue weighted by molar-refractivity contribution is -0.145. The predicted molar refractivity (Wildman–Crippen MR) is 85.7 cm³/mol. The van der Waals surface area contributed by atoms with E-state index in [0.717, 1.165) is 31.7 Å². The number of piperidine rings is 1. The molecule has 0 bridgehead atoms. The van der Waals surface area contributed by atoms with Gasteiger partial charge in [0.05, 0.1) is 20.1 Å². The SMILES string of the molecule is CCOC(=O)C[C@@H]1CC[C@@H](N)CN1Cc1ccc(OC)cc1. The van der Waals surface area contributed by atoms with Crippen LogP contribution in [0.15, 0.2) is 24.3 Å². The number of hydrogen-bond donors (Lipinski definition) is 1. The fourth-order valence-corrected chi connectivity index (χ4v) is 2.93. The highest BCUT2D eigenvalue weighted by molar-refractivity contribution is 5.70. The fourth-order valence-electron chi connectivity index (χ4n) is 2.93. The topological polar surface area (TPSA) is 64.8 Å². The van der Waals surface area contributed by atoms with Crippen LogP contribution in [0.2, 0.25) is 0 Å². The minimum Gasteiger partial charge on any atom is -0.497 e. The van der Waals surface area contributed by atoms with Crippen LogP contribution in [0.25, 0.3) is 0 Å². The third-order valence-electron chi connectivity index (χ3n) is 4.11. The summed E-state index contributed by atoms with van der Waals surface area (Å²) in [5, 5.41) is 0. The second kappa shape index (κ2) is 8.15. The van der Waals surface area contributed by atoms with Gasteiger partial charge in [0.2, 0.25) is 0 Å². The van der Waals surface area contributed by atoms with Crippen LogP contribution in [0.5, 0.6) is 5.75 Å². The van der Waals surface area contributed by atoms with Crippen molar-refractivity contribution >= 4 is 5.97 Å². The van der Waals surface area contributed by atoms with Crippen molar-refractivity contribution in [3.8, 4) is 5.75 Å². The van der Waals surface area contributed by atoms with Gasteiger partial charge in [0.15, 0.2) is 0 Å². The monoisotopic (exact) mass is 306 g/mol. The number of hydrogen-bond acceptors (Lipinski definition) is 5. The first-order valence-corrected chi connectivity index (χ1v) is 7.90. The molecular weight excluding hydrogens is 280 g/mol. The minimum absolute atomic E-state index is 0.122. The van der Waals surface area contributed by atoms with Gasteiger partial charge in [-0.1, -0.05) is 12.1 Å². The minimum atomic E-state index is -0.122. The zero-order chi connectivity index (χ0) is 15.9. The Morgan fingerprint density at radius 1 is 1.32 bits per heavy atom. The lowest BCUT2D eigenvalue weighted by atomic mass is 9.95. The molecule has 0 aromatic heterocycles. The number of rotatable bonds is 6. The first-order valence-electron chi connectivity index (χ1n) is 7.90. The van der Waals surface area contributed by atoms with Gasteiger partial charge >= 0.3 is 5.97 Å². The van der Waals surface area contributed by atoms with E-state index in [4.69, 9.17) is 15.2 Å². The highest BCUT2D eigenvalue weighted by atomic mass is 16.5. The summed E-state index contributed by atoms with van der Waals surface area (Å²) < 4.78 is 10.3. The molecule has 5 nitrogen and oxygen atoms in total. The van der Waals surface area contributed by atoms with E-state index < -0.39 is 0 Å². The summed E-state index contributed by atoms with van der Waals surface area (Å²) in [5.74, 6) is 0.727. The number of benzene rings is 1. The Kier molecular flexibility index (Phi) is 6.21. The molecule has 22 heavy (non-hydrogen) atoms. The summed E-state index contributed by atoms with van der Waals surface area (Å²) in [6.45, 7) is 3.88. The third kappa shape index (κ3) is 4.71. The standard InChI is InChI=1S/C17H26N2O3/c1-3-22-17(20)10-15-7-6-14(18)12-19(15)11-13-4-8-16(21-2)9-5-13/h4-5,8-9,14-15H,3,6-7,10-12,18H2,1-2H3/t14-,15+/m1/s1. The summed E-state index contributed by atoms with van der Waals surface area (Å²) in [4.78, 5) is 14.1. The molecular formula is C17H26N2O3. The van der Waals surface area contributed by atoms with Gasteiger partial charge in [0.25, 0.3) is 0 Å². The quantitative estimate of drug-likeness (QED) is 0.814. The highest BCUT2D eigenvalue weighted by Crippen LogP contribution is 2.23. The van der Waals surface area contributed by atoms with E-state index >= 15 is 0 Å². The zero-order valence-electron chi connectivity index (χ0n) is 13.5. The molecule has 0 spiro atoms. The van der Waals surface area contributed by atoms with Crippen molar-refractivity contribution in [2.24, 2.45) is 5.73 Å². The molecule has 2 N–H and O–H groups in total. The zero-order valence-corrected chi connectivity index (χ0v) is 13.5. The molecule has 0 unspecified atom stereocenters. The Bertz CT molecular complexity index is 475. The molecule has 1 aromatic carbocycles. The molecule has 0 aliphatic carbocycles. The number of likely N-dealkylation sites (tertiary alicyclic amines) is 1. The van der Waals surface area contributed by atoms with Gasteiger partial charge in [0, 0.05) is 25.2 Å². The molecule has 1 fully saturated rings. The van der Waals surface area contributed by atoms with Gasteiger partial charge in [-0.05, 0) is 37.5 Å². The molecule has 5 heteroatoms. The van der Waals surface area contributed by atoms with Gasteiger partial charge in [-0.15, -0.1) is 0 Å². The molecule has 1 saturated heterocycles. The van der Waals surface area contributed by atoms with Gasteiger partial charge in [-0.3, -0.25) is 9.69 Å². The van der Waals surface area contributed by atoms with E-state index in [-0.39, 0.29) is 18.1 Å². The van der Waals surface area contributed by atoms with Crippen molar-refractivity contribution in [3.63, 3.8) is 0 Å². The number of carbonyl (C=O) groups excluding carboxylic acids is 1. The molecule has 122 valence electrons. The summed E-state index contributed by atoms with van der Waals surface area (Å²) in [6, 6.07) is 8.41. The number of carbonyl (C=O) groups is 1. The average molecular weight is 306 g/mol. The van der Waals surface area contributed by atoms with Crippen LogP contribution in [0.1, 0.15) is 31.7 Å². The summed E-state index contributed by atoms with van der Waals surface area (Å²) in [5.41, 5.74) is 7.30. The Morgan fingerprint density at radius 3 is 2.68 bits per heavy atom. The van der Waals surface area contributed by atoms with Gasteiger partial charge in [-0.2, -0.15) is 0 Å². The van der Waals surface area contributed by atoms with Crippen LogP contribution in [-0.4, -0.2) is 43.2 Å². The van der Waals surface area contributed by atoms with E-state index in [2.05, 4.69) is 17.0 Å². The van der Waals surface area contributed by atoms with Crippen molar-refractivity contribution in [3.05, 3.63) is 29.8 Å². The maximum Gasteiger partial charge on any atom is 0.307 e. The summed E-state index contributed by atoms with van der Waals surface area (Å²) in [7, 11) is 1.66. The third-order valence-corrected chi connectivity index (χ3v) is 4.11. The van der Waals surface area contributed by atoms with Crippen LogP contribution in [0.3, 0.4) is 0 Å². The molecule has 1 aromatic rings. The molecule has 2 atom stereocenters. The first-order chi connectivity index (χ1) is 10.6. The van der Waals surface area contributed by atoms with E-state index in [1.54, 1.807) is 7.11 Å². The Balaban J connectivity index is 2.00. The number of nitrogens with zero attached hydrogens (tertiary/aromatic N) is 1. The van der Waals surface area contributed by atoms with E-state index in [1.807, 2.05) is 19.1 Å².